The Kier molecular flexibility index (Phi) is 4.28. The molecule has 0 aliphatic carbocycles. The largest absolute Gasteiger partial charge is 0.358 e. The van der Waals surface area contributed by atoms with Gasteiger partial charge >= 0.3 is 0 Å². The van der Waals surface area contributed by atoms with E-state index in [-0.39, 0.29) is 0 Å². The SMILES string of the molecule is CC(Cl)(Cl)CCC(C)(C)ON=O. The molecule has 0 saturated heterocycles. The first-order chi connectivity index (χ1) is 5.27. The summed E-state index contributed by atoms with van der Waals surface area (Å²) in [6, 6.07) is 0. The minimum atomic E-state index is -0.774. The molecular weight excluding hydrogens is 201 g/mol. The number of rotatable bonds is 5. The van der Waals surface area contributed by atoms with Gasteiger partial charge in [-0.3, -0.25) is 0 Å². The Bertz CT molecular complexity index is 154. The molecule has 72 valence electrons. The van der Waals surface area contributed by atoms with Gasteiger partial charge in [0.15, 0.2) is 5.34 Å². The molecule has 0 rings (SSSR count). The molecule has 0 spiro atoms. The molecule has 0 amide bonds. The molecule has 0 aromatic rings. The van der Waals surface area contributed by atoms with Crippen molar-refractivity contribution in [3.8, 4) is 0 Å². The van der Waals surface area contributed by atoms with Gasteiger partial charge in [-0.25, -0.2) is 0 Å². The summed E-state index contributed by atoms with van der Waals surface area (Å²) in [5.41, 5.74) is -0.590. The second-order valence-corrected chi connectivity index (χ2v) is 5.36. The van der Waals surface area contributed by atoms with Crippen LogP contribution in [0.5, 0.6) is 0 Å². The van der Waals surface area contributed by atoms with E-state index in [0.717, 1.165) is 0 Å². The summed E-state index contributed by atoms with van der Waals surface area (Å²) in [4.78, 5) is 14.4. The van der Waals surface area contributed by atoms with E-state index in [4.69, 9.17) is 23.2 Å². The van der Waals surface area contributed by atoms with Gasteiger partial charge < -0.3 is 4.84 Å². The molecule has 12 heavy (non-hydrogen) atoms. The highest BCUT2D eigenvalue weighted by atomic mass is 35.5. The van der Waals surface area contributed by atoms with E-state index in [2.05, 4.69) is 10.2 Å². The fourth-order valence-electron chi connectivity index (χ4n) is 0.667. The summed E-state index contributed by atoms with van der Waals surface area (Å²) in [5.74, 6) is 0. The van der Waals surface area contributed by atoms with Gasteiger partial charge in [-0.05, 0) is 33.6 Å². The van der Waals surface area contributed by atoms with Crippen molar-refractivity contribution in [3.05, 3.63) is 4.91 Å². The summed E-state index contributed by atoms with van der Waals surface area (Å²) in [6.07, 6.45) is 1.14. The number of hydrogen-bond donors (Lipinski definition) is 0. The second kappa shape index (κ2) is 4.28. The van der Waals surface area contributed by atoms with Crippen LogP contribution in [0.4, 0.5) is 0 Å². The lowest BCUT2D eigenvalue weighted by molar-refractivity contribution is -0.0251. The number of alkyl halides is 2. The van der Waals surface area contributed by atoms with Crippen molar-refractivity contribution >= 4 is 23.2 Å². The van der Waals surface area contributed by atoms with Crippen molar-refractivity contribution in [2.75, 3.05) is 0 Å². The van der Waals surface area contributed by atoms with Gasteiger partial charge in [-0.1, -0.05) is 0 Å². The number of nitrogens with zero attached hydrogens (tertiary/aromatic N) is 1. The van der Waals surface area contributed by atoms with Crippen LogP contribution in [0.3, 0.4) is 0 Å². The van der Waals surface area contributed by atoms with Gasteiger partial charge in [0.2, 0.25) is 0 Å². The maximum atomic E-state index is 9.81. The summed E-state index contributed by atoms with van der Waals surface area (Å²) in [6.45, 7) is 5.21. The maximum absolute atomic E-state index is 9.81. The number of hydrogen-bond acceptors (Lipinski definition) is 3. The van der Waals surface area contributed by atoms with E-state index < -0.39 is 9.93 Å². The van der Waals surface area contributed by atoms with Crippen molar-refractivity contribution in [3.63, 3.8) is 0 Å². The normalized spacial score (nSPS) is 12.8. The standard InChI is InChI=1S/C7H13Cl2NO2/c1-6(2,12-10-11)4-5-7(3,8)9/h4-5H2,1-3H3. The van der Waals surface area contributed by atoms with Crippen molar-refractivity contribution in [2.45, 2.75) is 43.5 Å². The molecule has 0 N–H and O–H groups in total. The molecule has 0 unspecified atom stereocenters. The molecular formula is C7H13Cl2NO2. The molecule has 0 fully saturated rings. The predicted octanol–water partition coefficient (Wildman–Crippen LogP) is 3.44. The van der Waals surface area contributed by atoms with Gasteiger partial charge in [0.1, 0.15) is 9.93 Å². The molecule has 0 aliphatic rings. The zero-order valence-electron chi connectivity index (χ0n) is 7.43. The Hall–Kier alpha value is -0.0200. The molecule has 3 nitrogen and oxygen atoms in total. The van der Waals surface area contributed by atoms with Crippen LogP contribution >= 0.6 is 23.2 Å². The van der Waals surface area contributed by atoms with E-state index in [1.165, 1.54) is 0 Å². The Morgan fingerprint density at radius 2 is 1.75 bits per heavy atom. The van der Waals surface area contributed by atoms with Crippen LogP contribution in [0.25, 0.3) is 0 Å². The monoisotopic (exact) mass is 213 g/mol. The first kappa shape index (κ1) is 12.0. The first-order valence-electron chi connectivity index (χ1n) is 3.65. The smallest absolute Gasteiger partial charge is 0.155 e. The minimum absolute atomic E-state index is 0.554. The van der Waals surface area contributed by atoms with Gasteiger partial charge in [-0.15, -0.1) is 28.1 Å². The topological polar surface area (TPSA) is 38.7 Å². The first-order valence-corrected chi connectivity index (χ1v) is 4.41. The molecule has 0 radical (unpaired) electrons. The molecule has 5 heteroatoms. The Morgan fingerprint density at radius 3 is 2.08 bits per heavy atom. The van der Waals surface area contributed by atoms with Crippen molar-refractivity contribution < 1.29 is 4.84 Å². The molecule has 0 aromatic carbocycles. The maximum Gasteiger partial charge on any atom is 0.155 e. The van der Waals surface area contributed by atoms with Crippen LogP contribution in [0, 0.1) is 4.91 Å². The van der Waals surface area contributed by atoms with E-state index in [1.807, 2.05) is 0 Å². The Labute approximate surface area is 82.3 Å². The summed E-state index contributed by atoms with van der Waals surface area (Å²) >= 11 is 11.5. The van der Waals surface area contributed by atoms with E-state index in [9.17, 15) is 4.91 Å². The lowest BCUT2D eigenvalue weighted by atomic mass is 10.0. The Morgan fingerprint density at radius 1 is 1.25 bits per heavy atom. The number of halogens is 2. The van der Waals surface area contributed by atoms with Crippen LogP contribution < -0.4 is 0 Å². The highest BCUT2D eigenvalue weighted by molar-refractivity contribution is 6.48. The van der Waals surface area contributed by atoms with Crippen LogP contribution in [0.1, 0.15) is 33.6 Å². The van der Waals surface area contributed by atoms with Gasteiger partial charge in [0, 0.05) is 0 Å². The summed E-state index contributed by atoms with van der Waals surface area (Å²) in [5, 5.41) is 2.37. The highest BCUT2D eigenvalue weighted by Gasteiger charge is 2.26. The lowest BCUT2D eigenvalue weighted by Gasteiger charge is -2.23. The molecule has 0 aromatic heterocycles. The average Bonchev–Trinajstić information content (AvgIpc) is 1.83. The van der Waals surface area contributed by atoms with Crippen LogP contribution in [-0.2, 0) is 4.84 Å². The predicted molar refractivity (Wildman–Crippen MR) is 50.3 cm³/mol. The Balaban J connectivity index is 3.83. The minimum Gasteiger partial charge on any atom is -0.358 e. The molecule has 0 bridgehead atoms. The molecule has 0 aliphatic heterocycles. The molecule has 0 atom stereocenters. The van der Waals surface area contributed by atoms with Crippen molar-refractivity contribution in [1.82, 2.24) is 0 Å². The third kappa shape index (κ3) is 6.68. The lowest BCUT2D eigenvalue weighted by Crippen LogP contribution is -2.24. The zero-order chi connectivity index (χ0) is 9.83. The fourth-order valence-corrected chi connectivity index (χ4v) is 0.856. The van der Waals surface area contributed by atoms with E-state index >= 15 is 0 Å². The van der Waals surface area contributed by atoms with Crippen LogP contribution in [0.2, 0.25) is 0 Å². The molecule has 0 heterocycles. The zero-order valence-corrected chi connectivity index (χ0v) is 8.95. The third-order valence-electron chi connectivity index (χ3n) is 1.45. The quantitative estimate of drug-likeness (QED) is 0.399. The second-order valence-electron chi connectivity index (χ2n) is 3.50. The van der Waals surface area contributed by atoms with E-state index in [0.29, 0.717) is 12.8 Å². The molecule has 0 saturated carbocycles. The summed E-state index contributed by atoms with van der Waals surface area (Å²) < 4.78 is -0.774. The highest BCUT2D eigenvalue weighted by Crippen LogP contribution is 2.30. The van der Waals surface area contributed by atoms with Crippen LogP contribution in [0.15, 0.2) is 5.34 Å². The van der Waals surface area contributed by atoms with E-state index in [1.54, 1.807) is 20.8 Å². The van der Waals surface area contributed by atoms with Crippen molar-refractivity contribution in [1.29, 1.82) is 0 Å². The van der Waals surface area contributed by atoms with Crippen LogP contribution in [-0.4, -0.2) is 9.93 Å². The van der Waals surface area contributed by atoms with Gasteiger partial charge in [0.25, 0.3) is 0 Å². The third-order valence-corrected chi connectivity index (χ3v) is 1.83. The fraction of sp³-hybridized carbons (Fsp3) is 1.00. The average molecular weight is 214 g/mol. The van der Waals surface area contributed by atoms with Crippen molar-refractivity contribution in [2.24, 2.45) is 5.34 Å². The van der Waals surface area contributed by atoms with Gasteiger partial charge in [-0.2, -0.15) is 0 Å². The summed E-state index contributed by atoms with van der Waals surface area (Å²) in [7, 11) is 0. The van der Waals surface area contributed by atoms with Gasteiger partial charge in [0.05, 0.1) is 0 Å².